The van der Waals surface area contributed by atoms with Crippen molar-refractivity contribution in [1.82, 2.24) is 19.4 Å². The van der Waals surface area contributed by atoms with Crippen LogP contribution in [0.3, 0.4) is 0 Å². The van der Waals surface area contributed by atoms with E-state index in [1.807, 2.05) is 18.3 Å². The molecule has 0 atom stereocenters. The highest BCUT2D eigenvalue weighted by atomic mass is 35.5. The van der Waals surface area contributed by atoms with Gasteiger partial charge in [0.05, 0.1) is 5.88 Å². The van der Waals surface area contributed by atoms with Crippen molar-refractivity contribution >= 4 is 22.8 Å². The summed E-state index contributed by atoms with van der Waals surface area (Å²) in [5.74, 6) is 1.34. The normalized spacial score (nSPS) is 11.6. The summed E-state index contributed by atoms with van der Waals surface area (Å²) < 4.78 is 2.14. The molecular weight excluding hydrogens is 260 g/mol. The number of rotatable bonds is 7. The van der Waals surface area contributed by atoms with Crippen LogP contribution in [0.4, 0.5) is 0 Å². The van der Waals surface area contributed by atoms with Gasteiger partial charge in [0.1, 0.15) is 11.3 Å². The van der Waals surface area contributed by atoms with Crippen molar-refractivity contribution in [2.75, 3.05) is 19.6 Å². The minimum absolute atomic E-state index is 0.432. The first-order valence-corrected chi connectivity index (χ1v) is 7.42. The molecule has 5 heteroatoms. The predicted octanol–water partition coefficient (Wildman–Crippen LogP) is 2.90. The molecule has 0 saturated carbocycles. The van der Waals surface area contributed by atoms with Crippen LogP contribution >= 0.6 is 11.6 Å². The van der Waals surface area contributed by atoms with Crippen molar-refractivity contribution in [1.29, 1.82) is 0 Å². The number of aryl methyl sites for hydroxylation is 1. The molecule has 0 amide bonds. The summed E-state index contributed by atoms with van der Waals surface area (Å²) in [6.07, 6.45) is 2.90. The minimum Gasteiger partial charge on any atom is -0.312 e. The Hall–Kier alpha value is -1.13. The van der Waals surface area contributed by atoms with Gasteiger partial charge in [-0.05, 0) is 38.2 Å². The van der Waals surface area contributed by atoms with E-state index in [0.717, 1.165) is 49.6 Å². The largest absolute Gasteiger partial charge is 0.312 e. The van der Waals surface area contributed by atoms with Crippen molar-refractivity contribution in [3.8, 4) is 0 Å². The zero-order valence-corrected chi connectivity index (χ0v) is 12.4. The molecule has 2 heterocycles. The minimum atomic E-state index is 0.432. The van der Waals surface area contributed by atoms with Crippen LogP contribution in [0.25, 0.3) is 11.2 Å². The van der Waals surface area contributed by atoms with Gasteiger partial charge in [0, 0.05) is 12.7 Å². The van der Waals surface area contributed by atoms with E-state index in [2.05, 4.69) is 33.3 Å². The lowest BCUT2D eigenvalue weighted by Crippen LogP contribution is -2.25. The first kappa shape index (κ1) is 14.3. The lowest BCUT2D eigenvalue weighted by atomic mass is 10.3. The summed E-state index contributed by atoms with van der Waals surface area (Å²) in [6, 6.07) is 3.90. The second-order valence-corrected chi connectivity index (χ2v) is 4.81. The van der Waals surface area contributed by atoms with E-state index in [0.29, 0.717) is 5.88 Å². The summed E-state index contributed by atoms with van der Waals surface area (Å²) >= 11 is 5.98. The summed E-state index contributed by atoms with van der Waals surface area (Å²) in [6.45, 7) is 8.61. The maximum absolute atomic E-state index is 5.98. The molecule has 0 bridgehead atoms. The third-order valence-corrected chi connectivity index (χ3v) is 3.69. The smallest absolute Gasteiger partial charge is 0.160 e. The highest BCUT2D eigenvalue weighted by Gasteiger charge is 2.10. The summed E-state index contributed by atoms with van der Waals surface area (Å²) in [5, 5.41) is 0. The highest BCUT2D eigenvalue weighted by molar-refractivity contribution is 6.16. The molecule has 104 valence electrons. The predicted molar refractivity (Wildman–Crippen MR) is 79.5 cm³/mol. The number of hydrogen-bond acceptors (Lipinski definition) is 3. The van der Waals surface area contributed by atoms with Gasteiger partial charge < -0.3 is 9.47 Å². The average Bonchev–Trinajstić information content (AvgIpc) is 2.82. The molecule has 0 aliphatic heterocycles. The number of nitrogens with zero attached hydrogens (tertiary/aromatic N) is 4. The van der Waals surface area contributed by atoms with Gasteiger partial charge in [0.25, 0.3) is 0 Å². The number of aromatic nitrogens is 3. The Bertz CT molecular complexity index is 519. The Morgan fingerprint density at radius 1 is 1.32 bits per heavy atom. The molecule has 0 N–H and O–H groups in total. The van der Waals surface area contributed by atoms with E-state index in [4.69, 9.17) is 11.6 Å². The Balaban J connectivity index is 2.10. The third-order valence-electron chi connectivity index (χ3n) is 3.45. The topological polar surface area (TPSA) is 34.0 Å². The van der Waals surface area contributed by atoms with Crippen LogP contribution in [0.1, 0.15) is 26.1 Å². The van der Waals surface area contributed by atoms with Gasteiger partial charge in [0.15, 0.2) is 5.65 Å². The zero-order chi connectivity index (χ0) is 13.7. The van der Waals surface area contributed by atoms with Crippen molar-refractivity contribution in [2.24, 2.45) is 0 Å². The number of alkyl halides is 1. The van der Waals surface area contributed by atoms with Crippen LogP contribution in [0.5, 0.6) is 0 Å². The molecule has 0 aliphatic carbocycles. The Morgan fingerprint density at radius 3 is 2.79 bits per heavy atom. The molecule has 2 rings (SSSR count). The van der Waals surface area contributed by atoms with Gasteiger partial charge in [-0.3, -0.25) is 0 Å². The first-order chi connectivity index (χ1) is 9.30. The Labute approximate surface area is 119 Å². The maximum Gasteiger partial charge on any atom is 0.160 e. The molecule has 0 unspecified atom stereocenters. The fraction of sp³-hybridized carbons (Fsp3) is 0.571. The molecule has 2 aromatic heterocycles. The van der Waals surface area contributed by atoms with E-state index in [1.165, 1.54) is 0 Å². The number of halogens is 1. The van der Waals surface area contributed by atoms with Crippen molar-refractivity contribution < 1.29 is 0 Å². The van der Waals surface area contributed by atoms with E-state index < -0.39 is 0 Å². The molecule has 2 aromatic rings. The Morgan fingerprint density at radius 2 is 2.11 bits per heavy atom. The monoisotopic (exact) mass is 280 g/mol. The first-order valence-electron chi connectivity index (χ1n) is 6.88. The molecule has 4 nitrogen and oxygen atoms in total. The van der Waals surface area contributed by atoms with Gasteiger partial charge in [-0.1, -0.05) is 13.8 Å². The second-order valence-electron chi connectivity index (χ2n) is 4.54. The summed E-state index contributed by atoms with van der Waals surface area (Å²) in [7, 11) is 0. The average molecular weight is 281 g/mol. The SMILES string of the molecule is CCN(CC)CCCn1c(CCl)nc2cccnc21. The van der Waals surface area contributed by atoms with Gasteiger partial charge in [-0.2, -0.15) is 0 Å². The van der Waals surface area contributed by atoms with Gasteiger partial charge in [-0.15, -0.1) is 11.6 Å². The molecule has 0 spiro atoms. The fourth-order valence-electron chi connectivity index (χ4n) is 2.33. The Kier molecular flexibility index (Phi) is 5.16. The van der Waals surface area contributed by atoms with Crippen LogP contribution in [-0.4, -0.2) is 39.1 Å². The number of hydrogen-bond donors (Lipinski definition) is 0. The molecule has 0 aliphatic rings. The standard InChI is InChI=1S/C14H21ClN4/c1-3-18(4-2)9-6-10-19-13(11-15)17-12-7-5-8-16-14(12)19/h5,7-8H,3-4,6,9-11H2,1-2H3. The van der Waals surface area contributed by atoms with Crippen molar-refractivity contribution in [3.05, 3.63) is 24.2 Å². The van der Waals surface area contributed by atoms with Crippen molar-refractivity contribution in [3.63, 3.8) is 0 Å². The fourth-order valence-corrected chi connectivity index (χ4v) is 2.54. The van der Waals surface area contributed by atoms with E-state index in [1.54, 1.807) is 0 Å². The van der Waals surface area contributed by atoms with E-state index in [9.17, 15) is 0 Å². The summed E-state index contributed by atoms with van der Waals surface area (Å²) in [5.41, 5.74) is 1.87. The molecular formula is C14H21ClN4. The van der Waals surface area contributed by atoms with E-state index in [-0.39, 0.29) is 0 Å². The van der Waals surface area contributed by atoms with Gasteiger partial charge in [0.2, 0.25) is 0 Å². The molecule has 19 heavy (non-hydrogen) atoms. The summed E-state index contributed by atoms with van der Waals surface area (Å²) in [4.78, 5) is 11.4. The van der Waals surface area contributed by atoms with Crippen molar-refractivity contribution in [2.45, 2.75) is 32.7 Å². The van der Waals surface area contributed by atoms with Crippen LogP contribution in [0.2, 0.25) is 0 Å². The quantitative estimate of drug-likeness (QED) is 0.732. The second kappa shape index (κ2) is 6.87. The molecule has 0 radical (unpaired) electrons. The molecule has 0 aromatic carbocycles. The third kappa shape index (κ3) is 3.25. The maximum atomic E-state index is 5.98. The van der Waals surface area contributed by atoms with Crippen LogP contribution < -0.4 is 0 Å². The van der Waals surface area contributed by atoms with Crippen LogP contribution in [-0.2, 0) is 12.4 Å². The number of pyridine rings is 1. The highest BCUT2D eigenvalue weighted by Crippen LogP contribution is 2.15. The number of imidazole rings is 1. The lowest BCUT2D eigenvalue weighted by Gasteiger charge is -2.18. The number of fused-ring (bicyclic) bond motifs is 1. The van der Waals surface area contributed by atoms with Crippen LogP contribution in [0.15, 0.2) is 18.3 Å². The van der Waals surface area contributed by atoms with E-state index >= 15 is 0 Å². The van der Waals surface area contributed by atoms with Gasteiger partial charge >= 0.3 is 0 Å². The molecule has 0 fully saturated rings. The lowest BCUT2D eigenvalue weighted by molar-refractivity contribution is 0.293. The molecule has 0 saturated heterocycles. The van der Waals surface area contributed by atoms with Crippen LogP contribution in [0, 0.1) is 0 Å². The van der Waals surface area contributed by atoms with Gasteiger partial charge in [-0.25, -0.2) is 9.97 Å². The zero-order valence-electron chi connectivity index (χ0n) is 11.6.